The predicted octanol–water partition coefficient (Wildman–Crippen LogP) is 5.51. The summed E-state index contributed by atoms with van der Waals surface area (Å²) in [7, 11) is 3.13. The number of rotatable bonds is 8. The molecular formula is C25H23F2N3O2S. The molecule has 1 atom stereocenters. The summed E-state index contributed by atoms with van der Waals surface area (Å²) in [5.74, 6) is 0.932. The van der Waals surface area contributed by atoms with Gasteiger partial charge < -0.3 is 15.2 Å². The number of aromatic nitrogens is 2. The highest BCUT2D eigenvalue weighted by molar-refractivity contribution is 7.98. The van der Waals surface area contributed by atoms with E-state index < -0.39 is 6.04 Å². The molecule has 2 N–H and O–H groups in total. The number of methoxy groups -OCH3 is 2. The fraction of sp³-hybridized carbons (Fsp3) is 0.160. The molecule has 1 aromatic heterocycles. The van der Waals surface area contributed by atoms with Gasteiger partial charge in [0, 0.05) is 11.4 Å². The van der Waals surface area contributed by atoms with Gasteiger partial charge >= 0.3 is 0 Å². The van der Waals surface area contributed by atoms with E-state index in [-0.39, 0.29) is 11.6 Å². The summed E-state index contributed by atoms with van der Waals surface area (Å²) in [5.41, 5.74) is 9.41. The zero-order valence-electron chi connectivity index (χ0n) is 18.2. The van der Waals surface area contributed by atoms with E-state index >= 15 is 0 Å². The largest absolute Gasteiger partial charge is 0.493 e. The molecule has 0 saturated carbocycles. The van der Waals surface area contributed by atoms with Crippen molar-refractivity contribution >= 4 is 11.8 Å². The molecule has 1 unspecified atom stereocenters. The van der Waals surface area contributed by atoms with Crippen LogP contribution in [0.3, 0.4) is 0 Å². The van der Waals surface area contributed by atoms with Crippen LogP contribution in [0.1, 0.15) is 22.9 Å². The second-order valence-corrected chi connectivity index (χ2v) is 8.19. The van der Waals surface area contributed by atoms with Crippen molar-refractivity contribution in [2.75, 3.05) is 14.2 Å². The third-order valence-electron chi connectivity index (χ3n) is 5.24. The Kier molecular flexibility index (Phi) is 6.96. The second-order valence-electron chi connectivity index (χ2n) is 7.25. The number of imidazole rings is 1. The Labute approximate surface area is 195 Å². The van der Waals surface area contributed by atoms with Crippen molar-refractivity contribution in [3.63, 3.8) is 0 Å². The molecule has 5 nitrogen and oxygen atoms in total. The first-order valence-corrected chi connectivity index (χ1v) is 11.2. The van der Waals surface area contributed by atoms with Gasteiger partial charge in [-0.05, 0) is 53.6 Å². The van der Waals surface area contributed by atoms with Gasteiger partial charge in [0.05, 0.1) is 32.2 Å². The zero-order chi connectivity index (χ0) is 23.4. The molecule has 0 aliphatic heterocycles. The predicted molar refractivity (Wildman–Crippen MR) is 125 cm³/mol. The minimum absolute atomic E-state index is 0.271. The Morgan fingerprint density at radius 1 is 0.970 bits per heavy atom. The van der Waals surface area contributed by atoms with E-state index in [1.807, 2.05) is 16.7 Å². The number of nitrogens with zero attached hydrogens (tertiary/aromatic N) is 2. The van der Waals surface area contributed by atoms with E-state index in [4.69, 9.17) is 15.2 Å². The number of nitrogens with two attached hydrogens (primary N) is 1. The van der Waals surface area contributed by atoms with Crippen molar-refractivity contribution in [3.8, 4) is 17.2 Å². The van der Waals surface area contributed by atoms with Crippen LogP contribution in [0.25, 0.3) is 5.69 Å². The fourth-order valence-electron chi connectivity index (χ4n) is 3.49. The van der Waals surface area contributed by atoms with Crippen LogP contribution >= 0.6 is 11.8 Å². The molecule has 170 valence electrons. The molecule has 4 aromatic rings. The number of halogens is 2. The fourth-order valence-corrected chi connectivity index (χ4v) is 4.48. The SMILES string of the molecule is COc1ccc(C(N)c2cnc(SCc3ccccc3F)n2-c2ccc(F)cc2)cc1OC. The quantitative estimate of drug-likeness (QED) is 0.346. The maximum absolute atomic E-state index is 14.1. The van der Waals surface area contributed by atoms with Gasteiger partial charge in [0.1, 0.15) is 11.6 Å². The lowest BCUT2D eigenvalue weighted by Crippen LogP contribution is -2.16. The summed E-state index contributed by atoms with van der Waals surface area (Å²) in [6.07, 6.45) is 1.69. The molecule has 33 heavy (non-hydrogen) atoms. The third kappa shape index (κ3) is 4.86. The van der Waals surface area contributed by atoms with Gasteiger partial charge in [0.15, 0.2) is 16.7 Å². The summed E-state index contributed by atoms with van der Waals surface area (Å²) in [6.45, 7) is 0. The van der Waals surface area contributed by atoms with Crippen molar-refractivity contribution in [1.29, 1.82) is 0 Å². The molecule has 0 radical (unpaired) electrons. The molecule has 0 fully saturated rings. The Hall–Kier alpha value is -3.36. The van der Waals surface area contributed by atoms with Crippen molar-refractivity contribution in [3.05, 3.63) is 101 Å². The van der Waals surface area contributed by atoms with Gasteiger partial charge in [-0.15, -0.1) is 0 Å². The number of hydrogen-bond acceptors (Lipinski definition) is 5. The summed E-state index contributed by atoms with van der Waals surface area (Å²) in [5, 5.41) is 0.621. The number of ether oxygens (including phenoxy) is 2. The number of benzene rings is 3. The van der Waals surface area contributed by atoms with E-state index in [0.717, 1.165) is 5.56 Å². The number of hydrogen-bond donors (Lipinski definition) is 1. The van der Waals surface area contributed by atoms with Crippen LogP contribution in [0.5, 0.6) is 11.5 Å². The van der Waals surface area contributed by atoms with Crippen molar-refractivity contribution in [1.82, 2.24) is 9.55 Å². The van der Waals surface area contributed by atoms with Crippen LogP contribution in [0, 0.1) is 11.6 Å². The summed E-state index contributed by atoms with van der Waals surface area (Å²) < 4.78 is 40.3. The van der Waals surface area contributed by atoms with Crippen molar-refractivity contribution in [2.24, 2.45) is 5.73 Å². The first kappa shape index (κ1) is 22.8. The average Bonchev–Trinajstić information content (AvgIpc) is 3.27. The van der Waals surface area contributed by atoms with Crippen molar-refractivity contribution < 1.29 is 18.3 Å². The van der Waals surface area contributed by atoms with Gasteiger partial charge in [-0.1, -0.05) is 36.0 Å². The first-order chi connectivity index (χ1) is 16.0. The highest BCUT2D eigenvalue weighted by atomic mass is 32.2. The summed E-state index contributed by atoms with van der Waals surface area (Å²) in [6, 6.07) is 17.6. The molecule has 0 saturated heterocycles. The Balaban J connectivity index is 1.73. The second kappa shape index (κ2) is 10.1. The molecule has 0 bridgehead atoms. The maximum atomic E-state index is 14.1. The van der Waals surface area contributed by atoms with Gasteiger partial charge in [0.25, 0.3) is 0 Å². The zero-order valence-corrected chi connectivity index (χ0v) is 19.0. The standard InChI is InChI=1S/C25H23F2N3O2S/c1-31-22-12-7-16(13-23(22)32-2)24(28)21-14-29-25(30(21)19-10-8-18(26)9-11-19)33-15-17-5-3-4-6-20(17)27/h3-14,24H,15,28H2,1-2H3. The van der Waals surface area contributed by atoms with Gasteiger partial charge in [0.2, 0.25) is 0 Å². The molecule has 8 heteroatoms. The normalized spacial score (nSPS) is 11.9. The van der Waals surface area contributed by atoms with Crippen LogP contribution < -0.4 is 15.2 Å². The summed E-state index contributed by atoms with van der Waals surface area (Å²) >= 11 is 1.38. The lowest BCUT2D eigenvalue weighted by atomic mass is 10.0. The monoisotopic (exact) mass is 467 g/mol. The average molecular weight is 468 g/mol. The minimum atomic E-state index is -0.551. The van der Waals surface area contributed by atoms with Crippen LogP contribution in [-0.2, 0) is 5.75 Å². The molecule has 4 rings (SSSR count). The molecule has 0 aliphatic carbocycles. The van der Waals surface area contributed by atoms with Crippen LogP contribution in [0.2, 0.25) is 0 Å². The molecule has 1 heterocycles. The lowest BCUT2D eigenvalue weighted by molar-refractivity contribution is 0.354. The Morgan fingerprint density at radius 2 is 1.70 bits per heavy atom. The van der Waals surface area contributed by atoms with Gasteiger partial charge in [-0.2, -0.15) is 0 Å². The van der Waals surface area contributed by atoms with E-state index in [1.165, 1.54) is 30.0 Å². The molecule has 0 spiro atoms. The first-order valence-electron chi connectivity index (χ1n) is 10.2. The third-order valence-corrected chi connectivity index (χ3v) is 6.24. The van der Waals surface area contributed by atoms with Crippen LogP contribution in [0.4, 0.5) is 8.78 Å². The molecular weight excluding hydrogens is 444 g/mol. The summed E-state index contributed by atoms with van der Waals surface area (Å²) in [4.78, 5) is 4.56. The smallest absolute Gasteiger partial charge is 0.173 e. The molecule has 0 aliphatic rings. The lowest BCUT2D eigenvalue weighted by Gasteiger charge is -2.18. The topological polar surface area (TPSA) is 62.3 Å². The molecule has 0 amide bonds. The number of thioether (sulfide) groups is 1. The van der Waals surface area contributed by atoms with Crippen LogP contribution in [-0.4, -0.2) is 23.8 Å². The highest BCUT2D eigenvalue weighted by Crippen LogP contribution is 2.34. The van der Waals surface area contributed by atoms with E-state index in [1.54, 1.807) is 56.8 Å². The van der Waals surface area contributed by atoms with Crippen molar-refractivity contribution in [2.45, 2.75) is 17.0 Å². The van der Waals surface area contributed by atoms with E-state index in [9.17, 15) is 8.78 Å². The Bertz CT molecular complexity index is 1240. The molecule has 3 aromatic carbocycles. The highest BCUT2D eigenvalue weighted by Gasteiger charge is 2.21. The minimum Gasteiger partial charge on any atom is -0.493 e. The maximum Gasteiger partial charge on any atom is 0.173 e. The van der Waals surface area contributed by atoms with E-state index in [2.05, 4.69) is 4.98 Å². The van der Waals surface area contributed by atoms with Gasteiger partial charge in [-0.3, -0.25) is 4.57 Å². The van der Waals surface area contributed by atoms with Gasteiger partial charge in [-0.25, -0.2) is 13.8 Å². The van der Waals surface area contributed by atoms with E-state index in [0.29, 0.717) is 39.4 Å². The Morgan fingerprint density at radius 3 is 2.39 bits per heavy atom. The van der Waals surface area contributed by atoms with Crippen LogP contribution in [0.15, 0.2) is 78.1 Å².